The molecule has 0 atom stereocenters. The minimum Gasteiger partial charge on any atom is -0.311 e. The Bertz CT molecular complexity index is 4720. The van der Waals surface area contributed by atoms with Gasteiger partial charge in [0.2, 0.25) is 0 Å². The second-order valence-corrected chi connectivity index (χ2v) is 23.4. The number of hydrogen-bond acceptors (Lipinski definition) is 4. The summed E-state index contributed by atoms with van der Waals surface area (Å²) in [5, 5.41) is 20.0. The third kappa shape index (κ3) is 9.94. The van der Waals surface area contributed by atoms with E-state index in [2.05, 4.69) is 331 Å². The summed E-state index contributed by atoms with van der Waals surface area (Å²) in [5.41, 5.74) is 30.7. The molecule has 14 aromatic rings. The quantitative estimate of drug-likeness (QED) is 0.121. The molecule has 0 aliphatic carbocycles. The van der Waals surface area contributed by atoms with Crippen LogP contribution in [0.25, 0.3) is 100 Å². The maximum absolute atomic E-state index is 10.0. The Morgan fingerprint density at radius 3 is 0.868 bits per heavy atom. The van der Waals surface area contributed by atoms with Crippen molar-refractivity contribution in [2.75, 3.05) is 9.80 Å². The van der Waals surface area contributed by atoms with Gasteiger partial charge in [-0.15, -0.1) is 0 Å². The highest BCUT2D eigenvalue weighted by Crippen LogP contribution is 2.51. The molecule has 0 saturated carbocycles. The minimum absolute atomic E-state index is 0.303. The summed E-state index contributed by atoms with van der Waals surface area (Å²) in [6.45, 7) is -0.303. The van der Waals surface area contributed by atoms with E-state index < -0.39 is 0 Å². The number of hydrogen-bond donors (Lipinski definition) is 0. The molecule has 0 unspecified atom stereocenters. The lowest BCUT2D eigenvalue weighted by Gasteiger charge is -2.45. The Morgan fingerprint density at radius 2 is 0.538 bits per heavy atom. The second-order valence-electron chi connectivity index (χ2n) is 23.4. The molecule has 5 heteroatoms. The average Bonchev–Trinajstić information content (AvgIpc) is 0.696. The largest absolute Gasteiger partial charge is 0.311 e. The van der Waals surface area contributed by atoms with Crippen molar-refractivity contribution in [2.45, 2.75) is 0 Å². The number of fused-ring (bicyclic) bond motifs is 4. The van der Waals surface area contributed by atoms with Gasteiger partial charge in [-0.05, 0) is 201 Å². The summed E-state index contributed by atoms with van der Waals surface area (Å²) in [5.74, 6) is 0. The summed E-state index contributed by atoms with van der Waals surface area (Å²) in [7, 11) is 0. The highest BCUT2D eigenvalue weighted by molar-refractivity contribution is 7.00. The first-order chi connectivity index (χ1) is 45.0. The molecule has 0 radical (unpaired) electrons. The zero-order valence-corrected chi connectivity index (χ0v) is 49.6. The highest BCUT2D eigenvalue weighted by Gasteiger charge is 2.44. The van der Waals surface area contributed by atoms with Crippen molar-refractivity contribution < 1.29 is 0 Å². The van der Waals surface area contributed by atoms with Crippen molar-refractivity contribution in [1.29, 1.82) is 10.5 Å². The summed E-state index contributed by atoms with van der Waals surface area (Å²) < 4.78 is 0. The van der Waals surface area contributed by atoms with Crippen LogP contribution in [-0.4, -0.2) is 6.71 Å². The lowest BCUT2D eigenvalue weighted by molar-refractivity contribution is 1.25. The highest BCUT2D eigenvalue weighted by atomic mass is 15.2. The van der Waals surface area contributed by atoms with Crippen molar-refractivity contribution in [1.82, 2.24) is 0 Å². The van der Waals surface area contributed by atoms with Gasteiger partial charge in [0.1, 0.15) is 0 Å². The minimum atomic E-state index is -0.303. The van der Waals surface area contributed by atoms with Gasteiger partial charge in [-0.3, -0.25) is 0 Å². The first kappa shape index (κ1) is 54.1. The molecule has 0 saturated heterocycles. The van der Waals surface area contributed by atoms with Gasteiger partial charge in [0.15, 0.2) is 0 Å². The molecule has 0 N–H and O–H groups in total. The van der Waals surface area contributed by atoms with Gasteiger partial charge in [0.25, 0.3) is 6.71 Å². The fraction of sp³-hybridized carbons (Fsp3) is 0. The van der Waals surface area contributed by atoms with E-state index in [0.29, 0.717) is 11.1 Å². The summed E-state index contributed by atoms with van der Waals surface area (Å²) in [4.78, 5) is 5.10. The Hall–Kier alpha value is -12.3. The van der Waals surface area contributed by atoms with E-state index in [-0.39, 0.29) is 6.71 Å². The fourth-order valence-corrected chi connectivity index (χ4v) is 13.8. The second kappa shape index (κ2) is 23.1. The molecule has 0 spiro atoms. The average molecular weight is 1160 g/mol. The van der Waals surface area contributed by atoms with E-state index in [1.165, 1.54) is 0 Å². The van der Waals surface area contributed by atoms with E-state index in [0.717, 1.165) is 151 Å². The van der Waals surface area contributed by atoms with Crippen molar-refractivity contribution >= 4 is 57.2 Å². The van der Waals surface area contributed by atoms with E-state index >= 15 is 0 Å². The molecule has 0 bridgehead atoms. The van der Waals surface area contributed by atoms with Crippen LogP contribution in [0.3, 0.4) is 0 Å². The van der Waals surface area contributed by atoms with Gasteiger partial charge in [-0.2, -0.15) is 10.5 Å². The van der Waals surface area contributed by atoms with E-state index in [1.54, 1.807) is 0 Å². The molecule has 2 aliphatic heterocycles. The zero-order chi connectivity index (χ0) is 60.8. The van der Waals surface area contributed by atoms with E-state index in [1.807, 2.05) is 24.3 Å². The van der Waals surface area contributed by atoms with E-state index in [4.69, 9.17) is 0 Å². The van der Waals surface area contributed by atoms with Gasteiger partial charge in [0, 0.05) is 34.1 Å². The van der Waals surface area contributed by atoms with Crippen LogP contribution in [0.15, 0.2) is 334 Å². The summed E-state index contributed by atoms with van der Waals surface area (Å²) in [6, 6.07) is 125. The SMILES string of the molecule is N#Cc1ccc(-c2ccc3c(c2)B2c4cc(-c5ccc(C#N)cc5)ccc4N(c4cc(-c5ccccc5)cc(-c5ccccc5)c4)c4cc(-c5c(-c6ccccc6)cccc5-c5ccccc5)cc(c42)N3c2cc(-c3ccccc3)cc(-c3ccccc3)c2)cc1. The molecule has 14 aromatic carbocycles. The van der Waals surface area contributed by atoms with Crippen molar-refractivity contribution in [2.24, 2.45) is 0 Å². The Balaban J connectivity index is 1.07. The molecule has 422 valence electrons. The molecule has 2 heterocycles. The fourth-order valence-electron chi connectivity index (χ4n) is 13.8. The Morgan fingerprint density at radius 1 is 0.231 bits per heavy atom. The third-order valence-corrected chi connectivity index (χ3v) is 18.1. The van der Waals surface area contributed by atoms with Crippen LogP contribution in [-0.2, 0) is 0 Å². The third-order valence-electron chi connectivity index (χ3n) is 18.1. The van der Waals surface area contributed by atoms with Crippen LogP contribution in [0.5, 0.6) is 0 Å². The van der Waals surface area contributed by atoms with Crippen LogP contribution in [0.2, 0.25) is 0 Å². The summed E-state index contributed by atoms with van der Waals surface area (Å²) in [6.07, 6.45) is 0. The number of rotatable bonds is 11. The lowest BCUT2D eigenvalue weighted by Crippen LogP contribution is -2.61. The van der Waals surface area contributed by atoms with Crippen molar-refractivity contribution in [3.05, 3.63) is 345 Å². The Kier molecular flexibility index (Phi) is 13.7. The number of nitriles is 2. The molecular formula is C86H55BN4. The molecule has 0 aromatic heterocycles. The maximum Gasteiger partial charge on any atom is 0.252 e. The topological polar surface area (TPSA) is 54.1 Å². The predicted octanol–water partition coefficient (Wildman–Crippen LogP) is 20.5. The van der Waals surface area contributed by atoms with Crippen LogP contribution in [0.4, 0.5) is 34.1 Å². The molecule has 0 fully saturated rings. The zero-order valence-electron chi connectivity index (χ0n) is 49.6. The van der Waals surface area contributed by atoms with Gasteiger partial charge in [-0.25, -0.2) is 0 Å². The summed E-state index contributed by atoms with van der Waals surface area (Å²) >= 11 is 0. The van der Waals surface area contributed by atoms with Gasteiger partial charge < -0.3 is 9.80 Å². The van der Waals surface area contributed by atoms with Gasteiger partial charge >= 0.3 is 0 Å². The maximum atomic E-state index is 10.0. The van der Waals surface area contributed by atoms with Crippen LogP contribution in [0, 0.1) is 22.7 Å². The van der Waals surface area contributed by atoms with E-state index in [9.17, 15) is 10.5 Å². The van der Waals surface area contributed by atoms with Gasteiger partial charge in [-0.1, -0.05) is 249 Å². The normalized spacial score (nSPS) is 11.9. The molecule has 91 heavy (non-hydrogen) atoms. The number of nitrogens with zero attached hydrogens (tertiary/aromatic N) is 4. The molecule has 4 nitrogen and oxygen atoms in total. The molecular weight excluding hydrogens is 1100 g/mol. The monoisotopic (exact) mass is 1150 g/mol. The van der Waals surface area contributed by atoms with Crippen LogP contribution >= 0.6 is 0 Å². The molecule has 0 amide bonds. The first-order valence-electron chi connectivity index (χ1n) is 30.9. The lowest BCUT2D eigenvalue weighted by atomic mass is 9.33. The molecule has 2 aliphatic rings. The predicted molar refractivity (Wildman–Crippen MR) is 379 cm³/mol. The van der Waals surface area contributed by atoms with Crippen molar-refractivity contribution in [3.8, 4) is 112 Å². The smallest absolute Gasteiger partial charge is 0.252 e. The van der Waals surface area contributed by atoms with Crippen molar-refractivity contribution in [3.63, 3.8) is 0 Å². The van der Waals surface area contributed by atoms with Gasteiger partial charge in [0.05, 0.1) is 23.3 Å². The standard InChI is InChI=1S/C86H55BN4/c88-56-58-34-38-64(39-35-58)68-42-44-81-79(52-68)87-80-53-69(65-40-36-59(57-89)37-41-65)43-45-82(80)91(76-50-72(62-24-11-3-12-25-62)47-73(51-76)63-26-13-4-14-27-63)84-55-74(85-77(66-28-15-5-16-29-66)32-19-33-78(85)67-30-17-6-18-31-67)54-83(86(84)87)90(81)75-48-70(60-20-7-1-8-21-60)46-71(49-75)61-22-9-2-10-23-61/h1-55H. The van der Waals surface area contributed by atoms with Crippen LogP contribution in [0.1, 0.15) is 11.1 Å². The first-order valence-corrected chi connectivity index (χ1v) is 30.9. The number of anilines is 6. The Labute approximate surface area is 531 Å². The number of benzene rings is 14. The molecule has 16 rings (SSSR count). The van der Waals surface area contributed by atoms with Crippen LogP contribution < -0.4 is 26.2 Å².